The van der Waals surface area contributed by atoms with Crippen molar-refractivity contribution in [2.75, 3.05) is 0 Å². The van der Waals surface area contributed by atoms with Crippen LogP contribution in [0.15, 0.2) is 30.3 Å². The van der Waals surface area contributed by atoms with Crippen LogP contribution in [0, 0.1) is 0 Å². The second-order valence-corrected chi connectivity index (χ2v) is 5.34. The van der Waals surface area contributed by atoms with Crippen LogP contribution < -0.4 is 5.32 Å². The molecule has 0 aromatic heterocycles. The maximum atomic E-state index is 11.7. The minimum Gasteiger partial charge on any atom is -0.480 e. The van der Waals surface area contributed by atoms with Crippen LogP contribution in [-0.4, -0.2) is 23.0 Å². The maximum Gasteiger partial charge on any atom is 0.326 e. The van der Waals surface area contributed by atoms with Crippen LogP contribution in [0.1, 0.15) is 50.7 Å². The molecule has 0 heterocycles. The first-order valence-electron chi connectivity index (χ1n) is 7.25. The summed E-state index contributed by atoms with van der Waals surface area (Å²) in [6.45, 7) is 6.13. The molecule has 114 valence electrons. The fraction of sp³-hybridized carbons (Fsp3) is 0.412. The summed E-state index contributed by atoms with van der Waals surface area (Å²) in [6.07, 6.45) is 4.19. The third-order valence-electron chi connectivity index (χ3n) is 3.22. The lowest BCUT2D eigenvalue weighted by atomic mass is 10.0. The third kappa shape index (κ3) is 5.81. The van der Waals surface area contributed by atoms with Crippen LogP contribution in [0.3, 0.4) is 0 Å². The van der Waals surface area contributed by atoms with E-state index in [9.17, 15) is 9.59 Å². The number of carbonyl (C=O) groups is 2. The van der Waals surface area contributed by atoms with Crippen molar-refractivity contribution in [3.8, 4) is 0 Å². The average molecular weight is 289 g/mol. The molecule has 0 aliphatic rings. The Bertz CT molecular complexity index is 503. The third-order valence-corrected chi connectivity index (χ3v) is 3.22. The number of aliphatic carboxylic acids is 1. The quantitative estimate of drug-likeness (QED) is 0.758. The van der Waals surface area contributed by atoms with Gasteiger partial charge in [-0.25, -0.2) is 4.79 Å². The zero-order chi connectivity index (χ0) is 15.8. The van der Waals surface area contributed by atoms with Gasteiger partial charge in [0, 0.05) is 6.08 Å². The molecule has 21 heavy (non-hydrogen) atoms. The van der Waals surface area contributed by atoms with Gasteiger partial charge in [-0.2, -0.15) is 0 Å². The molecule has 0 fully saturated rings. The molecule has 1 aromatic rings. The number of amides is 1. The van der Waals surface area contributed by atoms with Crippen molar-refractivity contribution < 1.29 is 14.7 Å². The molecule has 0 saturated carbocycles. The van der Waals surface area contributed by atoms with Crippen molar-refractivity contribution in [2.24, 2.45) is 0 Å². The summed E-state index contributed by atoms with van der Waals surface area (Å²) in [6, 6.07) is 7.12. The van der Waals surface area contributed by atoms with E-state index in [2.05, 4.69) is 19.2 Å². The molecule has 0 aliphatic heterocycles. The second kappa shape index (κ2) is 8.25. The minimum atomic E-state index is -1.00. The number of benzene rings is 1. The number of carbonyl (C=O) groups excluding carboxylic acids is 1. The highest BCUT2D eigenvalue weighted by atomic mass is 16.4. The van der Waals surface area contributed by atoms with Crippen LogP contribution >= 0.6 is 0 Å². The van der Waals surface area contributed by atoms with Gasteiger partial charge in [0.2, 0.25) is 5.91 Å². The van der Waals surface area contributed by atoms with E-state index < -0.39 is 12.0 Å². The van der Waals surface area contributed by atoms with Crippen molar-refractivity contribution >= 4 is 18.0 Å². The molecule has 0 bridgehead atoms. The number of rotatable bonds is 7. The Labute approximate surface area is 125 Å². The van der Waals surface area contributed by atoms with Crippen molar-refractivity contribution in [1.29, 1.82) is 0 Å². The lowest BCUT2D eigenvalue weighted by molar-refractivity contribution is -0.141. The van der Waals surface area contributed by atoms with Crippen molar-refractivity contribution in [1.82, 2.24) is 5.32 Å². The number of nitrogens with one attached hydrogen (secondary N) is 1. The SMILES string of the molecule is CCCC(NC(=O)/C=C/c1ccc(C(C)C)cc1)C(=O)O. The lowest BCUT2D eigenvalue weighted by Gasteiger charge is -2.11. The Kier molecular flexibility index (Phi) is 6.66. The fourth-order valence-electron chi connectivity index (χ4n) is 1.93. The predicted molar refractivity (Wildman–Crippen MR) is 84.0 cm³/mol. The molecule has 0 radical (unpaired) electrons. The molecule has 1 aromatic carbocycles. The Hall–Kier alpha value is -2.10. The van der Waals surface area contributed by atoms with Crippen LogP contribution in [0.5, 0.6) is 0 Å². The van der Waals surface area contributed by atoms with Crippen molar-refractivity contribution in [3.05, 3.63) is 41.5 Å². The van der Waals surface area contributed by atoms with Gasteiger partial charge in [-0.3, -0.25) is 4.79 Å². The van der Waals surface area contributed by atoms with E-state index in [4.69, 9.17) is 5.11 Å². The van der Waals surface area contributed by atoms with Gasteiger partial charge in [0.1, 0.15) is 6.04 Å². The highest BCUT2D eigenvalue weighted by Crippen LogP contribution is 2.15. The summed E-state index contributed by atoms with van der Waals surface area (Å²) in [5.41, 5.74) is 2.16. The Morgan fingerprint density at radius 2 is 1.86 bits per heavy atom. The topological polar surface area (TPSA) is 66.4 Å². The molecular weight excluding hydrogens is 266 g/mol. The van der Waals surface area contributed by atoms with E-state index in [0.717, 1.165) is 5.56 Å². The summed E-state index contributed by atoms with van der Waals surface area (Å²) in [7, 11) is 0. The zero-order valence-corrected chi connectivity index (χ0v) is 12.8. The van der Waals surface area contributed by atoms with E-state index >= 15 is 0 Å². The smallest absolute Gasteiger partial charge is 0.326 e. The summed E-state index contributed by atoms with van der Waals surface area (Å²) in [5, 5.41) is 11.5. The largest absolute Gasteiger partial charge is 0.480 e. The summed E-state index contributed by atoms with van der Waals surface area (Å²) in [5.74, 6) is -0.916. The second-order valence-electron chi connectivity index (χ2n) is 5.34. The Balaban J connectivity index is 2.62. The monoisotopic (exact) mass is 289 g/mol. The average Bonchev–Trinajstić information content (AvgIpc) is 2.45. The van der Waals surface area contributed by atoms with Crippen LogP contribution in [0.2, 0.25) is 0 Å². The first-order chi connectivity index (χ1) is 9.93. The van der Waals surface area contributed by atoms with E-state index in [1.165, 1.54) is 11.6 Å². The van der Waals surface area contributed by atoms with E-state index in [1.54, 1.807) is 6.08 Å². The molecular formula is C17H23NO3. The van der Waals surface area contributed by atoms with E-state index in [-0.39, 0.29) is 5.91 Å². The molecule has 4 heteroatoms. The van der Waals surface area contributed by atoms with Crippen LogP contribution in [0.25, 0.3) is 6.08 Å². The normalized spacial score (nSPS) is 12.6. The zero-order valence-electron chi connectivity index (χ0n) is 12.8. The van der Waals surface area contributed by atoms with Crippen LogP contribution in [-0.2, 0) is 9.59 Å². The molecule has 1 unspecified atom stereocenters. The van der Waals surface area contributed by atoms with E-state index in [1.807, 2.05) is 31.2 Å². The van der Waals surface area contributed by atoms with Gasteiger partial charge in [-0.15, -0.1) is 0 Å². The first-order valence-corrected chi connectivity index (χ1v) is 7.25. The number of hydrogen-bond donors (Lipinski definition) is 2. The molecule has 4 nitrogen and oxygen atoms in total. The van der Waals surface area contributed by atoms with Gasteiger partial charge >= 0.3 is 5.97 Å². The maximum absolute atomic E-state index is 11.7. The van der Waals surface area contributed by atoms with Gasteiger partial charge in [-0.05, 0) is 29.5 Å². The molecule has 2 N–H and O–H groups in total. The fourth-order valence-corrected chi connectivity index (χ4v) is 1.93. The molecule has 0 spiro atoms. The van der Waals surface area contributed by atoms with Gasteiger partial charge in [0.25, 0.3) is 0 Å². The summed E-state index contributed by atoms with van der Waals surface area (Å²) in [4.78, 5) is 22.7. The standard InChI is InChI=1S/C17H23NO3/c1-4-5-15(17(20)21)18-16(19)11-8-13-6-9-14(10-7-13)12(2)3/h6-12,15H,4-5H2,1-3H3,(H,18,19)(H,20,21)/b11-8+. The van der Waals surface area contributed by atoms with Gasteiger partial charge in [-0.1, -0.05) is 51.5 Å². The number of carboxylic acids is 1. The van der Waals surface area contributed by atoms with Gasteiger partial charge < -0.3 is 10.4 Å². The van der Waals surface area contributed by atoms with Crippen LogP contribution in [0.4, 0.5) is 0 Å². The van der Waals surface area contributed by atoms with Crippen molar-refractivity contribution in [3.63, 3.8) is 0 Å². The Morgan fingerprint density at radius 3 is 2.33 bits per heavy atom. The summed E-state index contributed by atoms with van der Waals surface area (Å²) >= 11 is 0. The Morgan fingerprint density at radius 1 is 1.24 bits per heavy atom. The van der Waals surface area contributed by atoms with Gasteiger partial charge in [0.15, 0.2) is 0 Å². The highest BCUT2D eigenvalue weighted by molar-refractivity contribution is 5.94. The van der Waals surface area contributed by atoms with Gasteiger partial charge in [0.05, 0.1) is 0 Å². The van der Waals surface area contributed by atoms with Crippen molar-refractivity contribution in [2.45, 2.75) is 45.6 Å². The molecule has 0 aliphatic carbocycles. The number of carboxylic acid groups (broad SMARTS) is 1. The highest BCUT2D eigenvalue weighted by Gasteiger charge is 2.17. The summed E-state index contributed by atoms with van der Waals surface area (Å²) < 4.78 is 0. The molecule has 1 amide bonds. The minimum absolute atomic E-state index is 0.385. The number of hydrogen-bond acceptors (Lipinski definition) is 2. The lowest BCUT2D eigenvalue weighted by Crippen LogP contribution is -2.39. The molecule has 0 saturated heterocycles. The predicted octanol–water partition coefficient (Wildman–Crippen LogP) is 3.19. The molecule has 1 atom stereocenters. The van der Waals surface area contributed by atoms with E-state index in [0.29, 0.717) is 18.8 Å². The first kappa shape index (κ1) is 17.0. The molecule has 1 rings (SSSR count).